The lowest BCUT2D eigenvalue weighted by Crippen LogP contribution is -2.41. The van der Waals surface area contributed by atoms with Crippen LogP contribution in [0.2, 0.25) is 0 Å². The number of piperidine rings is 1. The van der Waals surface area contributed by atoms with E-state index in [1.807, 2.05) is 6.92 Å². The first-order chi connectivity index (χ1) is 4.61. The van der Waals surface area contributed by atoms with Crippen LogP contribution in [0.1, 0.15) is 13.3 Å². The van der Waals surface area contributed by atoms with E-state index in [0.717, 1.165) is 0 Å². The Hall–Kier alpha value is -0.860. The van der Waals surface area contributed by atoms with Crippen molar-refractivity contribution < 1.29 is 9.59 Å². The average Bonchev–Trinajstić information content (AvgIpc) is 1.84. The van der Waals surface area contributed by atoms with Crippen molar-refractivity contribution in [3.05, 3.63) is 0 Å². The fourth-order valence-corrected chi connectivity index (χ4v) is 1.07. The molecule has 1 rings (SSSR count). The van der Waals surface area contributed by atoms with Crippen LogP contribution >= 0.6 is 0 Å². The normalized spacial score (nSPS) is 27.4. The van der Waals surface area contributed by atoms with Gasteiger partial charge in [-0.3, -0.25) is 9.59 Å². The number of likely N-dealkylation sites (tertiary alicyclic amines) is 1. The zero-order valence-corrected chi connectivity index (χ0v) is 6.26. The summed E-state index contributed by atoms with van der Waals surface area (Å²) in [5.41, 5.74) is 0. The number of Topliss-reactive ketones (excluding diaryl/α,β-unsaturated/α-hetero) is 1. The standard InChI is InChI=1S/C7H11NO2/c1-5-4-8(2)7(10)3-6(5)9/h5H,3-4H2,1-2H3/t5-/m0/s1. The molecule has 1 atom stereocenters. The molecule has 1 saturated heterocycles. The van der Waals surface area contributed by atoms with Crippen molar-refractivity contribution >= 4 is 11.7 Å². The molecule has 0 bridgehead atoms. The fourth-order valence-electron chi connectivity index (χ4n) is 1.07. The summed E-state index contributed by atoms with van der Waals surface area (Å²) < 4.78 is 0. The molecule has 0 unspecified atom stereocenters. The molecule has 0 radical (unpaired) electrons. The number of rotatable bonds is 0. The molecule has 0 aromatic carbocycles. The van der Waals surface area contributed by atoms with E-state index in [4.69, 9.17) is 0 Å². The van der Waals surface area contributed by atoms with Crippen LogP contribution < -0.4 is 0 Å². The monoisotopic (exact) mass is 141 g/mol. The summed E-state index contributed by atoms with van der Waals surface area (Å²) in [6.07, 6.45) is 0.0949. The predicted octanol–water partition coefficient (Wildman–Crippen LogP) is 0.0537. The second-order valence-electron chi connectivity index (χ2n) is 2.82. The van der Waals surface area contributed by atoms with Crippen LogP contribution in [0.25, 0.3) is 0 Å². The first-order valence-corrected chi connectivity index (χ1v) is 3.38. The summed E-state index contributed by atoms with van der Waals surface area (Å²) in [6, 6.07) is 0. The molecule has 1 aliphatic rings. The Morgan fingerprint density at radius 1 is 1.50 bits per heavy atom. The maximum absolute atomic E-state index is 10.9. The molecular weight excluding hydrogens is 130 g/mol. The van der Waals surface area contributed by atoms with Gasteiger partial charge in [-0.1, -0.05) is 6.92 Å². The van der Waals surface area contributed by atoms with Crippen LogP contribution in [-0.4, -0.2) is 30.2 Å². The molecule has 0 aliphatic carbocycles. The molecule has 0 spiro atoms. The summed E-state index contributed by atoms with van der Waals surface area (Å²) in [5, 5.41) is 0. The number of amides is 1. The van der Waals surface area contributed by atoms with Gasteiger partial charge in [-0.2, -0.15) is 0 Å². The summed E-state index contributed by atoms with van der Waals surface area (Å²) in [7, 11) is 1.73. The van der Waals surface area contributed by atoms with E-state index in [2.05, 4.69) is 0 Å². The Labute approximate surface area is 60.0 Å². The van der Waals surface area contributed by atoms with Crippen molar-refractivity contribution in [1.29, 1.82) is 0 Å². The fraction of sp³-hybridized carbons (Fsp3) is 0.714. The Balaban J connectivity index is 2.63. The van der Waals surface area contributed by atoms with E-state index in [-0.39, 0.29) is 24.0 Å². The molecule has 56 valence electrons. The first kappa shape index (κ1) is 7.25. The Bertz CT molecular complexity index is 158. The van der Waals surface area contributed by atoms with Gasteiger partial charge in [0.2, 0.25) is 5.91 Å². The number of carbonyl (C=O) groups is 2. The number of carbonyl (C=O) groups excluding carboxylic acids is 2. The second-order valence-corrected chi connectivity index (χ2v) is 2.82. The lowest BCUT2D eigenvalue weighted by atomic mass is 9.99. The van der Waals surface area contributed by atoms with Crippen molar-refractivity contribution in [3.8, 4) is 0 Å². The molecule has 1 amide bonds. The Kier molecular flexibility index (Phi) is 1.74. The van der Waals surface area contributed by atoms with E-state index in [1.165, 1.54) is 0 Å². The minimum Gasteiger partial charge on any atom is -0.345 e. The molecule has 1 fully saturated rings. The number of hydrogen-bond donors (Lipinski definition) is 0. The van der Waals surface area contributed by atoms with Crippen molar-refractivity contribution in [1.82, 2.24) is 4.90 Å². The van der Waals surface area contributed by atoms with Crippen LogP contribution in [0.4, 0.5) is 0 Å². The molecule has 0 aromatic rings. The zero-order chi connectivity index (χ0) is 7.72. The van der Waals surface area contributed by atoms with Crippen molar-refractivity contribution in [3.63, 3.8) is 0 Å². The third kappa shape index (κ3) is 1.17. The second kappa shape index (κ2) is 2.40. The molecule has 1 aliphatic heterocycles. The van der Waals surface area contributed by atoms with Crippen molar-refractivity contribution in [2.75, 3.05) is 13.6 Å². The predicted molar refractivity (Wildman–Crippen MR) is 36.4 cm³/mol. The van der Waals surface area contributed by atoms with Gasteiger partial charge < -0.3 is 4.90 Å². The van der Waals surface area contributed by atoms with Gasteiger partial charge in [0.1, 0.15) is 5.78 Å². The molecule has 0 saturated carbocycles. The van der Waals surface area contributed by atoms with Gasteiger partial charge in [0.15, 0.2) is 0 Å². The molecule has 10 heavy (non-hydrogen) atoms. The topological polar surface area (TPSA) is 37.4 Å². The third-order valence-electron chi connectivity index (χ3n) is 1.85. The van der Waals surface area contributed by atoms with Gasteiger partial charge in [-0.25, -0.2) is 0 Å². The highest BCUT2D eigenvalue weighted by molar-refractivity contribution is 6.01. The minimum atomic E-state index is -0.0527. The highest BCUT2D eigenvalue weighted by Crippen LogP contribution is 2.10. The highest BCUT2D eigenvalue weighted by Gasteiger charge is 2.26. The van der Waals surface area contributed by atoms with Crippen LogP contribution in [0.15, 0.2) is 0 Å². The molecule has 0 N–H and O–H groups in total. The SMILES string of the molecule is C[C@H]1CN(C)C(=O)CC1=O. The molecule has 3 nitrogen and oxygen atoms in total. The van der Waals surface area contributed by atoms with Crippen LogP contribution in [0, 0.1) is 5.92 Å². The van der Waals surface area contributed by atoms with E-state index in [1.54, 1.807) is 11.9 Å². The number of ketones is 1. The average molecular weight is 141 g/mol. The highest BCUT2D eigenvalue weighted by atomic mass is 16.2. The van der Waals surface area contributed by atoms with Gasteiger partial charge in [-0.15, -0.1) is 0 Å². The van der Waals surface area contributed by atoms with Gasteiger partial charge in [-0.05, 0) is 0 Å². The van der Waals surface area contributed by atoms with Gasteiger partial charge in [0.05, 0.1) is 6.42 Å². The summed E-state index contributed by atoms with van der Waals surface area (Å²) in [6.45, 7) is 2.43. The molecular formula is C7H11NO2. The first-order valence-electron chi connectivity index (χ1n) is 3.38. The van der Waals surface area contributed by atoms with Gasteiger partial charge in [0, 0.05) is 19.5 Å². The maximum Gasteiger partial charge on any atom is 0.229 e. The van der Waals surface area contributed by atoms with E-state index in [9.17, 15) is 9.59 Å². The van der Waals surface area contributed by atoms with Crippen molar-refractivity contribution in [2.45, 2.75) is 13.3 Å². The van der Waals surface area contributed by atoms with Gasteiger partial charge in [0.25, 0.3) is 0 Å². The molecule has 0 aromatic heterocycles. The molecule has 1 heterocycles. The largest absolute Gasteiger partial charge is 0.345 e. The maximum atomic E-state index is 10.9. The zero-order valence-electron chi connectivity index (χ0n) is 6.26. The third-order valence-corrected chi connectivity index (χ3v) is 1.85. The van der Waals surface area contributed by atoms with Crippen LogP contribution in [-0.2, 0) is 9.59 Å². The quantitative estimate of drug-likeness (QED) is 0.447. The Morgan fingerprint density at radius 3 is 2.60 bits per heavy atom. The summed E-state index contributed by atoms with van der Waals surface area (Å²) in [5.74, 6) is 0.0499. The lowest BCUT2D eigenvalue weighted by molar-refractivity contribution is -0.140. The van der Waals surface area contributed by atoms with Gasteiger partial charge >= 0.3 is 0 Å². The van der Waals surface area contributed by atoms with E-state index in [0.29, 0.717) is 6.54 Å². The number of nitrogens with zero attached hydrogens (tertiary/aromatic N) is 1. The van der Waals surface area contributed by atoms with Crippen LogP contribution in [0.5, 0.6) is 0 Å². The lowest BCUT2D eigenvalue weighted by Gasteiger charge is -2.25. The summed E-state index contributed by atoms with van der Waals surface area (Å²) >= 11 is 0. The molecule has 3 heteroatoms. The Morgan fingerprint density at radius 2 is 2.10 bits per heavy atom. The summed E-state index contributed by atoms with van der Waals surface area (Å²) in [4.78, 5) is 23.4. The smallest absolute Gasteiger partial charge is 0.229 e. The van der Waals surface area contributed by atoms with Crippen molar-refractivity contribution in [2.24, 2.45) is 5.92 Å². The van der Waals surface area contributed by atoms with E-state index < -0.39 is 0 Å². The number of hydrogen-bond acceptors (Lipinski definition) is 2. The van der Waals surface area contributed by atoms with Crippen LogP contribution in [0.3, 0.4) is 0 Å². The van der Waals surface area contributed by atoms with E-state index >= 15 is 0 Å². The minimum absolute atomic E-state index is 0.0303.